The Kier molecular flexibility index (Phi) is 6.89. The number of hydrogen-bond donors (Lipinski definition) is 1. The lowest BCUT2D eigenvalue weighted by molar-refractivity contribution is -0.118. The van der Waals surface area contributed by atoms with Gasteiger partial charge >= 0.3 is 0 Å². The molecule has 1 heterocycles. The summed E-state index contributed by atoms with van der Waals surface area (Å²) in [6.07, 6.45) is 1.41. The summed E-state index contributed by atoms with van der Waals surface area (Å²) in [6.45, 7) is 0. The third-order valence-corrected chi connectivity index (χ3v) is 5.69. The van der Waals surface area contributed by atoms with E-state index in [-0.39, 0.29) is 16.7 Å². The van der Waals surface area contributed by atoms with Crippen LogP contribution in [0.4, 0.5) is 0 Å². The van der Waals surface area contributed by atoms with Crippen molar-refractivity contribution in [1.82, 2.24) is 15.0 Å². The molecule has 10 heteroatoms. The maximum Gasteiger partial charge on any atom is 0.250 e. The van der Waals surface area contributed by atoms with Crippen molar-refractivity contribution in [3.63, 3.8) is 0 Å². The van der Waals surface area contributed by atoms with E-state index >= 15 is 0 Å². The van der Waals surface area contributed by atoms with E-state index in [4.69, 9.17) is 32.7 Å². The lowest BCUT2D eigenvalue weighted by atomic mass is 10.2. The molecule has 0 radical (unpaired) electrons. The van der Waals surface area contributed by atoms with E-state index in [0.29, 0.717) is 22.1 Å². The number of carbonyl (C=O) groups excluding carboxylic acids is 1. The highest BCUT2D eigenvalue weighted by molar-refractivity contribution is 7.99. The lowest BCUT2D eigenvalue weighted by Gasteiger charge is -2.12. The van der Waals surface area contributed by atoms with Gasteiger partial charge in [-0.15, -0.1) is 0 Å². The zero-order valence-electron chi connectivity index (χ0n) is 15.9. The van der Waals surface area contributed by atoms with Gasteiger partial charge in [-0.2, -0.15) is 5.10 Å². The molecule has 2 aromatic carbocycles. The van der Waals surface area contributed by atoms with Crippen LogP contribution in [0, 0.1) is 0 Å². The minimum Gasteiger partial charge on any atom is -0.494 e. The second-order valence-electron chi connectivity index (χ2n) is 5.85. The van der Waals surface area contributed by atoms with Crippen LogP contribution in [0.5, 0.6) is 11.5 Å². The SMILES string of the molecule is COc1c(Cl)cc(/C=N\NC(=O)CSc2nc3ccccc3n2C)c(OC)c1Cl. The van der Waals surface area contributed by atoms with E-state index in [9.17, 15) is 4.79 Å². The number of rotatable bonds is 7. The Balaban J connectivity index is 1.64. The molecule has 29 heavy (non-hydrogen) atoms. The van der Waals surface area contributed by atoms with Gasteiger partial charge < -0.3 is 14.0 Å². The van der Waals surface area contributed by atoms with Crippen molar-refractivity contribution in [1.29, 1.82) is 0 Å². The Labute approximate surface area is 182 Å². The molecule has 3 aromatic rings. The topological polar surface area (TPSA) is 77.7 Å². The highest BCUT2D eigenvalue weighted by atomic mass is 35.5. The molecule has 152 valence electrons. The fourth-order valence-corrected chi connectivity index (χ4v) is 4.16. The number of ether oxygens (including phenoxy) is 2. The second-order valence-corrected chi connectivity index (χ2v) is 7.58. The van der Waals surface area contributed by atoms with Gasteiger partial charge in [0.05, 0.1) is 42.2 Å². The summed E-state index contributed by atoms with van der Waals surface area (Å²) in [5, 5.41) is 5.25. The molecule has 7 nitrogen and oxygen atoms in total. The average Bonchev–Trinajstić information content (AvgIpc) is 3.03. The second kappa shape index (κ2) is 9.39. The van der Waals surface area contributed by atoms with Crippen molar-refractivity contribution in [2.24, 2.45) is 12.1 Å². The molecule has 0 aliphatic heterocycles. The number of aromatic nitrogens is 2. The fraction of sp³-hybridized carbons (Fsp3) is 0.211. The molecule has 3 rings (SSSR count). The Morgan fingerprint density at radius 2 is 2.00 bits per heavy atom. The van der Waals surface area contributed by atoms with E-state index < -0.39 is 0 Å². The van der Waals surface area contributed by atoms with Crippen molar-refractivity contribution >= 4 is 58.1 Å². The van der Waals surface area contributed by atoms with Gasteiger partial charge in [0.2, 0.25) is 0 Å². The van der Waals surface area contributed by atoms with E-state index in [0.717, 1.165) is 16.2 Å². The number of hydrazone groups is 1. The number of benzene rings is 2. The van der Waals surface area contributed by atoms with Gasteiger partial charge in [-0.3, -0.25) is 4.79 Å². The predicted octanol–water partition coefficient (Wildman–Crippen LogP) is 4.14. The highest BCUT2D eigenvalue weighted by Gasteiger charge is 2.16. The zero-order valence-corrected chi connectivity index (χ0v) is 18.2. The molecular formula is C19H18Cl2N4O3S. The Hall–Kier alpha value is -2.42. The molecular weight excluding hydrogens is 435 g/mol. The lowest BCUT2D eigenvalue weighted by Crippen LogP contribution is -2.20. The van der Waals surface area contributed by atoms with E-state index in [1.165, 1.54) is 32.2 Å². The molecule has 1 amide bonds. The van der Waals surface area contributed by atoms with Gasteiger partial charge in [0.15, 0.2) is 10.9 Å². The average molecular weight is 453 g/mol. The molecule has 0 spiro atoms. The highest BCUT2D eigenvalue weighted by Crippen LogP contribution is 2.41. The van der Waals surface area contributed by atoms with Crippen LogP contribution in [0.25, 0.3) is 11.0 Å². The summed E-state index contributed by atoms with van der Waals surface area (Å²) >= 11 is 13.7. The van der Waals surface area contributed by atoms with Crippen molar-refractivity contribution in [2.75, 3.05) is 20.0 Å². The summed E-state index contributed by atoms with van der Waals surface area (Å²) in [5.41, 5.74) is 4.87. The summed E-state index contributed by atoms with van der Waals surface area (Å²) in [6, 6.07) is 9.38. The monoisotopic (exact) mass is 452 g/mol. The summed E-state index contributed by atoms with van der Waals surface area (Å²) in [4.78, 5) is 16.7. The number of amides is 1. The fourth-order valence-electron chi connectivity index (χ4n) is 2.68. The smallest absolute Gasteiger partial charge is 0.250 e. The first-order valence-corrected chi connectivity index (χ1v) is 10.2. The number of imidazole rings is 1. The first kappa shape index (κ1) is 21.3. The van der Waals surface area contributed by atoms with Gasteiger partial charge in [-0.25, -0.2) is 10.4 Å². The van der Waals surface area contributed by atoms with Crippen molar-refractivity contribution < 1.29 is 14.3 Å². The van der Waals surface area contributed by atoms with Crippen LogP contribution in [0.15, 0.2) is 40.6 Å². The number of para-hydroxylation sites is 2. The quantitative estimate of drug-likeness (QED) is 0.331. The standard InChI is InChI=1S/C19H18Cl2N4O3S/c1-25-14-7-5-4-6-13(14)23-19(25)29-10-15(26)24-22-9-11-8-12(20)18(28-3)16(21)17(11)27-2/h4-9H,10H2,1-3H3,(H,24,26)/b22-9-. The van der Waals surface area contributed by atoms with Crippen LogP contribution in [-0.2, 0) is 11.8 Å². The minimum atomic E-state index is -0.275. The van der Waals surface area contributed by atoms with Crippen molar-refractivity contribution in [3.05, 3.63) is 45.9 Å². The number of thioether (sulfide) groups is 1. The predicted molar refractivity (Wildman–Crippen MR) is 117 cm³/mol. The molecule has 0 aliphatic rings. The van der Waals surface area contributed by atoms with E-state index in [1.807, 2.05) is 35.9 Å². The number of carbonyl (C=O) groups is 1. The van der Waals surface area contributed by atoms with E-state index in [1.54, 1.807) is 6.07 Å². The Morgan fingerprint density at radius 3 is 2.69 bits per heavy atom. The number of fused-ring (bicyclic) bond motifs is 1. The largest absolute Gasteiger partial charge is 0.494 e. The summed E-state index contributed by atoms with van der Waals surface area (Å²) in [7, 11) is 4.85. The number of aryl methyl sites for hydroxylation is 1. The molecule has 0 unspecified atom stereocenters. The van der Waals surface area contributed by atoms with Crippen LogP contribution in [0.3, 0.4) is 0 Å². The normalized spacial score (nSPS) is 11.2. The van der Waals surface area contributed by atoms with Crippen molar-refractivity contribution in [2.45, 2.75) is 5.16 Å². The molecule has 0 aliphatic carbocycles. The third kappa shape index (κ3) is 4.60. The maximum atomic E-state index is 12.1. The summed E-state index contributed by atoms with van der Waals surface area (Å²) in [5.74, 6) is 0.545. The zero-order chi connectivity index (χ0) is 21.0. The van der Waals surface area contributed by atoms with Crippen LogP contribution in [0.1, 0.15) is 5.56 Å². The van der Waals surface area contributed by atoms with Crippen molar-refractivity contribution in [3.8, 4) is 11.5 Å². The van der Waals surface area contributed by atoms with Crippen LogP contribution in [-0.4, -0.2) is 41.6 Å². The Bertz CT molecular complexity index is 1080. The molecule has 0 bridgehead atoms. The molecule has 0 fully saturated rings. The maximum absolute atomic E-state index is 12.1. The van der Waals surface area contributed by atoms with Gasteiger partial charge in [0, 0.05) is 12.6 Å². The number of nitrogens with one attached hydrogen (secondary N) is 1. The molecule has 0 atom stereocenters. The molecule has 1 aromatic heterocycles. The number of hydrogen-bond acceptors (Lipinski definition) is 6. The third-order valence-electron chi connectivity index (χ3n) is 4.04. The molecule has 1 N–H and O–H groups in total. The van der Waals surface area contributed by atoms with Crippen LogP contribution < -0.4 is 14.9 Å². The van der Waals surface area contributed by atoms with Gasteiger partial charge in [0.1, 0.15) is 10.8 Å². The van der Waals surface area contributed by atoms with Crippen LogP contribution in [0.2, 0.25) is 10.0 Å². The first-order valence-electron chi connectivity index (χ1n) is 8.42. The number of halogens is 2. The van der Waals surface area contributed by atoms with Gasteiger partial charge in [-0.05, 0) is 18.2 Å². The minimum absolute atomic E-state index is 0.162. The van der Waals surface area contributed by atoms with Crippen LogP contribution >= 0.6 is 35.0 Å². The van der Waals surface area contributed by atoms with E-state index in [2.05, 4.69) is 15.5 Å². The number of nitrogens with zero attached hydrogens (tertiary/aromatic N) is 3. The molecule has 0 saturated carbocycles. The number of methoxy groups -OCH3 is 2. The van der Waals surface area contributed by atoms with Gasteiger partial charge in [-0.1, -0.05) is 47.1 Å². The molecule has 0 saturated heterocycles. The first-order chi connectivity index (χ1) is 14.0. The summed E-state index contributed by atoms with van der Waals surface area (Å²) < 4.78 is 12.4. The Morgan fingerprint density at radius 1 is 1.28 bits per heavy atom. The van der Waals surface area contributed by atoms with Gasteiger partial charge in [0.25, 0.3) is 5.91 Å².